The van der Waals surface area contributed by atoms with Crippen LogP contribution in [0.4, 0.5) is 5.82 Å². The van der Waals surface area contributed by atoms with Gasteiger partial charge in [-0.1, -0.05) is 23.4 Å². The smallest absolute Gasteiger partial charge is 0.313 e. The average Bonchev–Trinajstić information content (AvgIpc) is 3.08. The third-order valence-electron chi connectivity index (χ3n) is 4.28. The summed E-state index contributed by atoms with van der Waals surface area (Å²) >= 11 is 7.60. The summed E-state index contributed by atoms with van der Waals surface area (Å²) in [4.78, 5) is 25.0. The Morgan fingerprint density at radius 1 is 1.33 bits per heavy atom. The van der Waals surface area contributed by atoms with E-state index >= 15 is 0 Å². The fourth-order valence-electron chi connectivity index (χ4n) is 2.95. The van der Waals surface area contributed by atoms with Gasteiger partial charge in [-0.05, 0) is 24.3 Å². The molecule has 1 aromatic carbocycles. The van der Waals surface area contributed by atoms with Crippen molar-refractivity contribution in [3.63, 3.8) is 0 Å². The number of thioether (sulfide) groups is 1. The molecule has 4 rings (SSSR count). The van der Waals surface area contributed by atoms with Gasteiger partial charge in [0.1, 0.15) is 5.82 Å². The Morgan fingerprint density at radius 3 is 2.85 bits per heavy atom. The number of aliphatic carboxylic acids is 1. The van der Waals surface area contributed by atoms with Crippen molar-refractivity contribution >= 4 is 46.2 Å². The summed E-state index contributed by atoms with van der Waals surface area (Å²) in [7, 11) is 0. The lowest BCUT2D eigenvalue weighted by atomic mass is 10.1. The number of nitrogens with zero attached hydrogens (tertiary/aromatic N) is 3. The number of halogens is 1. The van der Waals surface area contributed by atoms with Crippen molar-refractivity contribution in [3.05, 3.63) is 35.5 Å². The molecule has 0 saturated carbocycles. The van der Waals surface area contributed by atoms with Crippen LogP contribution in [0.25, 0.3) is 22.2 Å². The van der Waals surface area contributed by atoms with Crippen molar-refractivity contribution in [3.8, 4) is 11.1 Å². The molecule has 0 spiro atoms. The number of hydrogen-bond acceptors (Lipinski definition) is 6. The quantitative estimate of drug-likeness (QED) is 0.630. The third kappa shape index (κ3) is 4.02. The third-order valence-corrected chi connectivity index (χ3v) is 5.45. The standard InChI is InChI=1S/C18H17ClN4O3S/c19-13-8-15-14(21-18(22-15)27-10-17(24)25)7-12(13)11-1-2-16(20-9-11)23-3-5-26-6-4-23/h1-2,7-9H,3-6,10H2,(H,21,22)(H,24,25). The summed E-state index contributed by atoms with van der Waals surface area (Å²) < 4.78 is 5.37. The Bertz CT molecular complexity index is 971. The van der Waals surface area contributed by atoms with E-state index in [1.165, 1.54) is 0 Å². The molecule has 9 heteroatoms. The van der Waals surface area contributed by atoms with Crippen molar-refractivity contribution in [1.82, 2.24) is 15.0 Å². The van der Waals surface area contributed by atoms with Crippen LogP contribution < -0.4 is 4.90 Å². The molecular weight excluding hydrogens is 388 g/mol. The zero-order chi connectivity index (χ0) is 18.8. The molecule has 0 unspecified atom stereocenters. The first-order chi connectivity index (χ1) is 13.1. The number of aromatic nitrogens is 3. The van der Waals surface area contributed by atoms with Crippen LogP contribution in [-0.4, -0.2) is 58.1 Å². The summed E-state index contributed by atoms with van der Waals surface area (Å²) in [6.45, 7) is 3.10. The molecule has 0 radical (unpaired) electrons. The highest BCUT2D eigenvalue weighted by Gasteiger charge is 2.14. The molecule has 7 nitrogen and oxygen atoms in total. The number of imidazole rings is 1. The number of nitrogens with one attached hydrogen (secondary N) is 1. The number of carbonyl (C=O) groups is 1. The molecule has 0 aliphatic carbocycles. The van der Waals surface area contributed by atoms with Crippen LogP contribution in [0.1, 0.15) is 0 Å². The molecule has 0 amide bonds. The Labute approximate surface area is 164 Å². The predicted octanol–water partition coefficient (Wildman–Crippen LogP) is 3.29. The van der Waals surface area contributed by atoms with Crippen LogP contribution in [0, 0.1) is 0 Å². The molecule has 140 valence electrons. The highest BCUT2D eigenvalue weighted by molar-refractivity contribution is 7.99. The number of benzene rings is 1. The zero-order valence-electron chi connectivity index (χ0n) is 14.3. The van der Waals surface area contributed by atoms with Crippen LogP contribution in [0.3, 0.4) is 0 Å². The van der Waals surface area contributed by atoms with Gasteiger partial charge < -0.3 is 19.7 Å². The van der Waals surface area contributed by atoms with Crippen LogP contribution in [0.15, 0.2) is 35.6 Å². The molecule has 3 heterocycles. The number of anilines is 1. The normalized spacial score (nSPS) is 14.6. The lowest BCUT2D eigenvalue weighted by Crippen LogP contribution is -2.36. The van der Waals surface area contributed by atoms with Gasteiger partial charge in [0.15, 0.2) is 5.16 Å². The molecule has 2 aromatic heterocycles. The monoisotopic (exact) mass is 404 g/mol. The first-order valence-corrected chi connectivity index (χ1v) is 9.79. The summed E-state index contributed by atoms with van der Waals surface area (Å²) in [6, 6.07) is 7.68. The SMILES string of the molecule is O=C(O)CSc1nc2cc(-c3ccc(N4CCOCC4)nc3)c(Cl)cc2[nH]1. The van der Waals surface area contributed by atoms with Crippen molar-refractivity contribution in [2.45, 2.75) is 5.16 Å². The van der Waals surface area contributed by atoms with Gasteiger partial charge in [-0.2, -0.15) is 0 Å². The molecule has 3 aromatic rings. The Kier molecular flexibility index (Phi) is 5.20. The number of fused-ring (bicyclic) bond motifs is 1. The maximum Gasteiger partial charge on any atom is 0.313 e. The van der Waals surface area contributed by atoms with Gasteiger partial charge in [-0.15, -0.1) is 0 Å². The van der Waals surface area contributed by atoms with Gasteiger partial charge in [0, 0.05) is 30.4 Å². The van der Waals surface area contributed by atoms with E-state index in [1.807, 2.05) is 24.4 Å². The number of pyridine rings is 1. The first-order valence-electron chi connectivity index (χ1n) is 8.43. The molecular formula is C18H17ClN4O3S. The van der Waals surface area contributed by atoms with Crippen LogP contribution in [0.2, 0.25) is 5.02 Å². The predicted molar refractivity (Wildman–Crippen MR) is 106 cm³/mol. The molecule has 1 aliphatic heterocycles. The Hall–Kier alpha value is -2.29. The summed E-state index contributed by atoms with van der Waals surface area (Å²) in [5.74, 6) is -0.00940. The van der Waals surface area contributed by atoms with E-state index in [1.54, 1.807) is 6.07 Å². The number of rotatable bonds is 5. The first kappa shape index (κ1) is 18.1. The molecule has 0 atom stereocenters. The highest BCUT2D eigenvalue weighted by atomic mass is 35.5. The maximum absolute atomic E-state index is 10.7. The molecule has 1 fully saturated rings. The van der Waals surface area contributed by atoms with Crippen molar-refractivity contribution in [2.75, 3.05) is 37.0 Å². The topological polar surface area (TPSA) is 91.3 Å². The fraction of sp³-hybridized carbons (Fsp3) is 0.278. The summed E-state index contributed by atoms with van der Waals surface area (Å²) in [5, 5.41) is 9.94. The van der Waals surface area contributed by atoms with E-state index in [4.69, 9.17) is 21.4 Å². The highest BCUT2D eigenvalue weighted by Crippen LogP contribution is 2.33. The number of H-pyrrole nitrogens is 1. The van der Waals surface area contributed by atoms with Crippen LogP contribution >= 0.6 is 23.4 Å². The second-order valence-electron chi connectivity index (χ2n) is 6.08. The molecule has 27 heavy (non-hydrogen) atoms. The minimum Gasteiger partial charge on any atom is -0.481 e. The maximum atomic E-state index is 10.7. The Morgan fingerprint density at radius 2 is 2.15 bits per heavy atom. The minimum absolute atomic E-state index is 0.0483. The van der Waals surface area contributed by atoms with E-state index in [9.17, 15) is 4.79 Å². The number of aromatic amines is 1. The van der Waals surface area contributed by atoms with Crippen molar-refractivity contribution in [1.29, 1.82) is 0 Å². The van der Waals surface area contributed by atoms with Gasteiger partial charge in [0.25, 0.3) is 0 Å². The molecule has 0 bridgehead atoms. The average molecular weight is 405 g/mol. The van der Waals surface area contributed by atoms with Crippen LogP contribution in [-0.2, 0) is 9.53 Å². The second-order valence-corrected chi connectivity index (χ2v) is 7.45. The van der Waals surface area contributed by atoms with E-state index < -0.39 is 5.97 Å². The van der Waals surface area contributed by atoms with Crippen molar-refractivity contribution < 1.29 is 14.6 Å². The number of ether oxygens (including phenoxy) is 1. The molecule has 1 saturated heterocycles. The lowest BCUT2D eigenvalue weighted by Gasteiger charge is -2.27. The van der Waals surface area contributed by atoms with Gasteiger partial charge >= 0.3 is 5.97 Å². The summed E-state index contributed by atoms with van der Waals surface area (Å²) in [6.07, 6.45) is 1.81. The van der Waals surface area contributed by atoms with E-state index in [-0.39, 0.29) is 5.75 Å². The fourth-order valence-corrected chi connectivity index (χ4v) is 3.83. The van der Waals surface area contributed by atoms with Crippen molar-refractivity contribution in [2.24, 2.45) is 0 Å². The van der Waals surface area contributed by atoms with E-state index in [2.05, 4.69) is 19.9 Å². The Balaban J connectivity index is 1.60. The molecule has 2 N–H and O–H groups in total. The number of morpholine rings is 1. The second kappa shape index (κ2) is 7.75. The van der Waals surface area contributed by atoms with E-state index in [0.29, 0.717) is 23.4 Å². The summed E-state index contributed by atoms with van der Waals surface area (Å²) in [5.41, 5.74) is 3.25. The van der Waals surface area contributed by atoms with Gasteiger partial charge in [0.05, 0.1) is 35.0 Å². The van der Waals surface area contributed by atoms with Gasteiger partial charge in [-0.3, -0.25) is 4.79 Å². The van der Waals surface area contributed by atoms with Gasteiger partial charge in [-0.25, -0.2) is 9.97 Å². The van der Waals surface area contributed by atoms with Crippen LogP contribution in [0.5, 0.6) is 0 Å². The zero-order valence-corrected chi connectivity index (χ0v) is 15.9. The number of carboxylic acids is 1. The molecule has 1 aliphatic rings. The number of hydrogen-bond donors (Lipinski definition) is 2. The largest absolute Gasteiger partial charge is 0.481 e. The number of carboxylic acid groups (broad SMARTS) is 1. The minimum atomic E-state index is -0.884. The lowest BCUT2D eigenvalue weighted by molar-refractivity contribution is -0.133. The van der Waals surface area contributed by atoms with Gasteiger partial charge in [0.2, 0.25) is 0 Å². The van der Waals surface area contributed by atoms with E-state index in [0.717, 1.165) is 52.8 Å².